The highest BCUT2D eigenvalue weighted by atomic mass is 32.1. The van der Waals surface area contributed by atoms with E-state index in [4.69, 9.17) is 10.1 Å². The summed E-state index contributed by atoms with van der Waals surface area (Å²) in [5.74, 6) is -1.58. The zero-order valence-corrected chi connectivity index (χ0v) is 17.9. The van der Waals surface area contributed by atoms with Crippen LogP contribution in [0.5, 0.6) is 0 Å². The molecule has 1 aliphatic heterocycles. The maximum Gasteiger partial charge on any atom is 0.355 e. The second kappa shape index (κ2) is 8.40. The zero-order valence-electron chi connectivity index (χ0n) is 17.1. The molecule has 1 amide bonds. The van der Waals surface area contributed by atoms with Crippen molar-refractivity contribution in [3.05, 3.63) is 89.2 Å². The number of carbonyl (C=O) groups excluding carboxylic acids is 1. The van der Waals surface area contributed by atoms with E-state index >= 15 is 0 Å². The molecule has 5 rings (SSSR count). The first-order chi connectivity index (χ1) is 16.0. The van der Waals surface area contributed by atoms with Crippen LogP contribution in [0.25, 0.3) is 21.7 Å². The molecule has 2 heterocycles. The largest absolute Gasteiger partial charge is 0.476 e. The van der Waals surface area contributed by atoms with Crippen LogP contribution >= 0.6 is 11.3 Å². The molecule has 1 aromatic heterocycles. The van der Waals surface area contributed by atoms with Gasteiger partial charge in [-0.2, -0.15) is 0 Å². The third kappa shape index (κ3) is 4.28. The molecule has 6 nitrogen and oxygen atoms in total. The van der Waals surface area contributed by atoms with E-state index in [-0.39, 0.29) is 23.8 Å². The van der Waals surface area contributed by atoms with Gasteiger partial charge in [-0.1, -0.05) is 36.4 Å². The Labute approximate surface area is 192 Å². The van der Waals surface area contributed by atoms with Gasteiger partial charge >= 0.3 is 5.97 Å². The van der Waals surface area contributed by atoms with Crippen LogP contribution in [0, 0.1) is 5.82 Å². The Morgan fingerprint density at radius 1 is 0.970 bits per heavy atom. The van der Waals surface area contributed by atoms with Crippen molar-refractivity contribution in [1.29, 1.82) is 0 Å². The van der Waals surface area contributed by atoms with Crippen molar-refractivity contribution in [2.75, 3.05) is 5.32 Å². The minimum atomic E-state index is -1.07. The van der Waals surface area contributed by atoms with Gasteiger partial charge in [0.2, 0.25) is 5.91 Å². The summed E-state index contributed by atoms with van der Waals surface area (Å²) in [7, 11) is 0. The molecule has 0 fully saturated rings. The van der Waals surface area contributed by atoms with Crippen molar-refractivity contribution in [3.63, 3.8) is 0 Å². The van der Waals surface area contributed by atoms with E-state index in [1.807, 2.05) is 42.5 Å². The number of amides is 1. The molecule has 0 unspecified atom stereocenters. The van der Waals surface area contributed by atoms with Crippen LogP contribution in [0.2, 0.25) is 0 Å². The lowest BCUT2D eigenvalue weighted by Gasteiger charge is -2.08. The van der Waals surface area contributed by atoms with E-state index in [1.54, 1.807) is 12.1 Å². The number of aromatic carboxylic acids is 1. The van der Waals surface area contributed by atoms with Crippen LogP contribution in [0.1, 0.15) is 22.5 Å². The molecule has 0 saturated carbocycles. The normalized spacial score (nSPS) is 13.0. The lowest BCUT2D eigenvalue weighted by molar-refractivity contribution is -0.115. The summed E-state index contributed by atoms with van der Waals surface area (Å²) in [6.45, 7) is 0. The summed E-state index contributed by atoms with van der Waals surface area (Å²) >= 11 is 1.25. The quantitative estimate of drug-likeness (QED) is 0.407. The van der Waals surface area contributed by atoms with E-state index in [9.17, 15) is 14.0 Å². The second-order valence-corrected chi connectivity index (χ2v) is 8.30. The van der Waals surface area contributed by atoms with E-state index in [0.717, 1.165) is 22.3 Å². The van der Waals surface area contributed by atoms with Gasteiger partial charge in [0, 0.05) is 10.9 Å². The number of aliphatic imine (C=N–C) groups is 1. The van der Waals surface area contributed by atoms with Crippen LogP contribution in [-0.4, -0.2) is 27.7 Å². The average molecular weight is 457 g/mol. The van der Waals surface area contributed by atoms with Crippen LogP contribution in [-0.2, 0) is 4.79 Å². The minimum Gasteiger partial charge on any atom is -0.476 e. The smallest absolute Gasteiger partial charge is 0.355 e. The molecular weight excluding hydrogens is 441 g/mol. The number of benzene rings is 3. The van der Waals surface area contributed by atoms with Gasteiger partial charge in [0.05, 0.1) is 23.5 Å². The number of nitrogens with zero attached hydrogens (tertiary/aromatic N) is 2. The third-order valence-corrected chi connectivity index (χ3v) is 6.09. The summed E-state index contributed by atoms with van der Waals surface area (Å²) in [5.41, 5.74) is 4.98. The molecule has 1 aliphatic rings. The molecule has 0 atom stereocenters. The molecule has 0 radical (unpaired) electrons. The monoisotopic (exact) mass is 457 g/mol. The highest BCUT2D eigenvalue weighted by molar-refractivity contribution is 7.13. The maximum atomic E-state index is 13.3. The van der Waals surface area contributed by atoms with Gasteiger partial charge in [-0.15, -0.1) is 11.3 Å². The SMILES string of the molecule is O=C1CC(c2cccc(-c3nc(C(=O)O)cs3)c2)=Nc2ccc(-c3ccc(F)cc3)cc2N1. The van der Waals surface area contributed by atoms with Crippen molar-refractivity contribution in [2.45, 2.75) is 6.42 Å². The summed E-state index contributed by atoms with van der Waals surface area (Å²) in [6.07, 6.45) is 0.0856. The fourth-order valence-corrected chi connectivity index (χ4v) is 4.38. The van der Waals surface area contributed by atoms with E-state index < -0.39 is 5.97 Å². The molecule has 4 aromatic rings. The first kappa shape index (κ1) is 20.7. The van der Waals surface area contributed by atoms with Crippen molar-refractivity contribution in [3.8, 4) is 21.7 Å². The van der Waals surface area contributed by atoms with Crippen molar-refractivity contribution < 1.29 is 19.1 Å². The fraction of sp³-hybridized carbons (Fsp3) is 0.0400. The van der Waals surface area contributed by atoms with Crippen molar-refractivity contribution in [2.24, 2.45) is 4.99 Å². The fourth-order valence-electron chi connectivity index (χ4n) is 3.59. The Bertz CT molecular complexity index is 1430. The number of carbonyl (C=O) groups is 2. The molecule has 0 bridgehead atoms. The first-order valence-electron chi connectivity index (χ1n) is 10.0. The Hall–Kier alpha value is -4.17. The van der Waals surface area contributed by atoms with Gasteiger partial charge in [-0.3, -0.25) is 9.79 Å². The predicted molar refractivity (Wildman–Crippen MR) is 126 cm³/mol. The Balaban J connectivity index is 1.51. The van der Waals surface area contributed by atoms with E-state index in [2.05, 4.69) is 10.3 Å². The number of thiazole rings is 1. The summed E-state index contributed by atoms with van der Waals surface area (Å²) in [6, 6.07) is 19.1. The number of hydrogen-bond acceptors (Lipinski definition) is 5. The summed E-state index contributed by atoms with van der Waals surface area (Å²) in [5, 5.41) is 14.1. The molecule has 0 saturated heterocycles. The lowest BCUT2D eigenvalue weighted by Crippen LogP contribution is -2.15. The molecule has 0 spiro atoms. The van der Waals surface area contributed by atoms with Gasteiger partial charge in [0.15, 0.2) is 5.69 Å². The Morgan fingerprint density at radius 3 is 2.48 bits per heavy atom. The molecule has 3 aromatic carbocycles. The topological polar surface area (TPSA) is 91.7 Å². The molecule has 0 aliphatic carbocycles. The second-order valence-electron chi connectivity index (χ2n) is 7.45. The first-order valence-corrected chi connectivity index (χ1v) is 10.9. The van der Waals surface area contributed by atoms with Crippen LogP contribution in [0.3, 0.4) is 0 Å². The molecule has 2 N–H and O–H groups in total. The maximum absolute atomic E-state index is 13.3. The number of halogens is 1. The van der Waals surface area contributed by atoms with Gasteiger partial charge in [-0.05, 0) is 47.0 Å². The lowest BCUT2D eigenvalue weighted by atomic mass is 10.0. The number of carboxylic acids is 1. The molecular formula is C25H16FN3O3S. The Morgan fingerprint density at radius 2 is 1.73 bits per heavy atom. The number of nitrogens with one attached hydrogen (secondary N) is 1. The van der Waals surface area contributed by atoms with Crippen LogP contribution in [0.4, 0.5) is 15.8 Å². The highest BCUT2D eigenvalue weighted by Gasteiger charge is 2.19. The van der Waals surface area contributed by atoms with Crippen molar-refractivity contribution >= 4 is 40.3 Å². The number of carboxylic acid groups (broad SMARTS) is 1. The van der Waals surface area contributed by atoms with E-state index in [1.165, 1.54) is 28.8 Å². The number of anilines is 1. The summed E-state index contributed by atoms with van der Waals surface area (Å²) < 4.78 is 13.3. The molecule has 8 heteroatoms. The minimum absolute atomic E-state index is 0.00234. The van der Waals surface area contributed by atoms with Crippen molar-refractivity contribution in [1.82, 2.24) is 4.98 Å². The molecule has 33 heavy (non-hydrogen) atoms. The average Bonchev–Trinajstić information content (AvgIpc) is 3.25. The predicted octanol–water partition coefficient (Wildman–Crippen LogP) is 5.78. The highest BCUT2D eigenvalue weighted by Crippen LogP contribution is 2.34. The van der Waals surface area contributed by atoms with Crippen LogP contribution in [0.15, 0.2) is 77.1 Å². The van der Waals surface area contributed by atoms with Gasteiger partial charge in [-0.25, -0.2) is 14.2 Å². The van der Waals surface area contributed by atoms with Gasteiger partial charge in [0.1, 0.15) is 10.8 Å². The number of aromatic nitrogens is 1. The standard InChI is InChI=1S/C25H16FN3O3S/c26-18-7-4-14(5-8-18)15-6-9-19-21(11-15)28-23(30)12-20(27-19)16-2-1-3-17(10-16)24-29-22(13-33-24)25(31)32/h1-11,13H,12H2,(H,28,30)(H,31,32). The summed E-state index contributed by atoms with van der Waals surface area (Å²) in [4.78, 5) is 32.7. The van der Waals surface area contributed by atoms with Gasteiger partial charge in [0.25, 0.3) is 0 Å². The Kier molecular flexibility index (Phi) is 5.27. The van der Waals surface area contributed by atoms with E-state index in [0.29, 0.717) is 22.1 Å². The number of rotatable bonds is 4. The zero-order chi connectivity index (χ0) is 22.9. The number of fused-ring (bicyclic) bond motifs is 1. The van der Waals surface area contributed by atoms with Gasteiger partial charge < -0.3 is 10.4 Å². The number of hydrogen-bond donors (Lipinski definition) is 2. The van der Waals surface area contributed by atoms with Crippen LogP contribution < -0.4 is 5.32 Å². The molecule has 162 valence electrons. The third-order valence-electron chi connectivity index (χ3n) is 5.20.